The van der Waals surface area contributed by atoms with E-state index in [0.717, 1.165) is 11.3 Å². The van der Waals surface area contributed by atoms with Crippen LogP contribution in [0.15, 0.2) is 48.7 Å². The second-order valence-electron chi connectivity index (χ2n) is 4.16. The van der Waals surface area contributed by atoms with E-state index in [-0.39, 0.29) is 6.61 Å². The number of halogens is 1. The lowest BCUT2D eigenvalue weighted by Crippen LogP contribution is -2.23. The average Bonchev–Trinajstić information content (AvgIpc) is 2.48. The lowest BCUT2D eigenvalue weighted by atomic mass is 10.2. The zero-order chi connectivity index (χ0) is 14.4. The number of nitrogens with zero attached hydrogens (tertiary/aromatic N) is 1. The van der Waals surface area contributed by atoms with E-state index in [1.807, 2.05) is 65.9 Å². The Morgan fingerprint density at radius 1 is 1.25 bits per heavy atom. The van der Waals surface area contributed by atoms with Crippen molar-refractivity contribution in [3.8, 4) is 5.75 Å². The fourth-order valence-electron chi connectivity index (χ4n) is 1.49. The maximum atomic E-state index is 11.8. The van der Waals surface area contributed by atoms with Crippen molar-refractivity contribution in [3.05, 3.63) is 59.9 Å². The Morgan fingerprint density at radius 2 is 2.00 bits per heavy atom. The fourth-order valence-corrected chi connectivity index (χ4v) is 1.96. The van der Waals surface area contributed by atoms with Gasteiger partial charge < -0.3 is 9.47 Å². The third-order valence-corrected chi connectivity index (χ3v) is 3.30. The summed E-state index contributed by atoms with van der Waals surface area (Å²) in [5, 5.41) is 0. The summed E-state index contributed by atoms with van der Waals surface area (Å²) in [5.41, 5.74) is 1.84. The molecule has 1 unspecified atom stereocenters. The maximum Gasteiger partial charge on any atom is 0.358 e. The SMILES string of the molecule is Cc1ccc(OC(I)C(=O)OCc2ccccc2)cn1. The minimum atomic E-state index is -0.694. The molecule has 0 fully saturated rings. The minimum absolute atomic E-state index is 0.245. The van der Waals surface area contributed by atoms with Crippen molar-refractivity contribution in [2.75, 3.05) is 0 Å². The highest BCUT2D eigenvalue weighted by molar-refractivity contribution is 14.1. The quantitative estimate of drug-likeness (QED) is 0.452. The van der Waals surface area contributed by atoms with Gasteiger partial charge >= 0.3 is 5.97 Å². The van der Waals surface area contributed by atoms with Gasteiger partial charge in [0.05, 0.1) is 6.20 Å². The normalized spacial score (nSPS) is 11.7. The van der Waals surface area contributed by atoms with Crippen LogP contribution in [0.3, 0.4) is 0 Å². The second kappa shape index (κ2) is 7.23. The van der Waals surface area contributed by atoms with Gasteiger partial charge in [0.1, 0.15) is 12.4 Å². The van der Waals surface area contributed by atoms with Crippen molar-refractivity contribution in [3.63, 3.8) is 0 Å². The Labute approximate surface area is 131 Å². The van der Waals surface area contributed by atoms with E-state index < -0.39 is 10.1 Å². The molecule has 1 aromatic carbocycles. The van der Waals surface area contributed by atoms with Crippen LogP contribution in [-0.2, 0) is 16.1 Å². The molecule has 0 spiro atoms. The molecule has 2 rings (SSSR count). The smallest absolute Gasteiger partial charge is 0.358 e. The zero-order valence-corrected chi connectivity index (χ0v) is 13.1. The summed E-state index contributed by atoms with van der Waals surface area (Å²) in [6.45, 7) is 2.13. The molecule has 104 valence electrons. The van der Waals surface area contributed by atoms with Gasteiger partial charge in [0.2, 0.25) is 4.11 Å². The molecule has 1 atom stereocenters. The number of esters is 1. The number of carbonyl (C=O) groups excluding carboxylic acids is 1. The molecule has 4 nitrogen and oxygen atoms in total. The fraction of sp³-hybridized carbons (Fsp3) is 0.200. The van der Waals surface area contributed by atoms with E-state index >= 15 is 0 Å². The Morgan fingerprint density at radius 3 is 2.65 bits per heavy atom. The van der Waals surface area contributed by atoms with Gasteiger partial charge in [0, 0.05) is 5.69 Å². The van der Waals surface area contributed by atoms with Gasteiger partial charge in [-0.1, -0.05) is 30.3 Å². The molecule has 0 aliphatic heterocycles. The van der Waals surface area contributed by atoms with Crippen LogP contribution < -0.4 is 4.74 Å². The van der Waals surface area contributed by atoms with Gasteiger partial charge in [-0.3, -0.25) is 4.98 Å². The lowest BCUT2D eigenvalue weighted by molar-refractivity contribution is -0.148. The molecular weight excluding hydrogens is 369 g/mol. The molecule has 0 N–H and O–H groups in total. The number of hydrogen-bond donors (Lipinski definition) is 0. The third-order valence-electron chi connectivity index (χ3n) is 2.53. The van der Waals surface area contributed by atoms with Crippen LogP contribution in [0.2, 0.25) is 0 Å². The van der Waals surface area contributed by atoms with Crippen molar-refractivity contribution < 1.29 is 14.3 Å². The molecule has 2 aromatic rings. The number of aryl methyl sites for hydroxylation is 1. The first-order valence-electron chi connectivity index (χ1n) is 6.09. The van der Waals surface area contributed by atoms with Crippen LogP contribution in [0.5, 0.6) is 5.75 Å². The van der Waals surface area contributed by atoms with E-state index in [1.165, 1.54) is 0 Å². The summed E-state index contributed by atoms with van der Waals surface area (Å²) in [6, 6.07) is 13.1. The number of aromatic nitrogens is 1. The number of hydrogen-bond acceptors (Lipinski definition) is 4. The number of pyridine rings is 1. The minimum Gasteiger partial charge on any atom is -0.467 e. The molecule has 0 radical (unpaired) electrons. The van der Waals surface area contributed by atoms with Gasteiger partial charge in [0.25, 0.3) is 0 Å². The van der Waals surface area contributed by atoms with Crippen LogP contribution in [0, 0.1) is 6.92 Å². The number of ether oxygens (including phenoxy) is 2. The van der Waals surface area contributed by atoms with Crippen LogP contribution in [0.1, 0.15) is 11.3 Å². The summed E-state index contributed by atoms with van der Waals surface area (Å²) in [6.07, 6.45) is 1.59. The van der Waals surface area contributed by atoms with Gasteiger partial charge in [-0.2, -0.15) is 0 Å². The monoisotopic (exact) mass is 383 g/mol. The van der Waals surface area contributed by atoms with E-state index in [1.54, 1.807) is 12.3 Å². The molecule has 0 bridgehead atoms. The Hall–Kier alpha value is -1.63. The molecule has 0 saturated carbocycles. The molecule has 0 saturated heterocycles. The highest BCUT2D eigenvalue weighted by Crippen LogP contribution is 2.15. The van der Waals surface area contributed by atoms with Crippen molar-refractivity contribution in [2.45, 2.75) is 17.6 Å². The lowest BCUT2D eigenvalue weighted by Gasteiger charge is -2.12. The number of alkyl halides is 1. The van der Waals surface area contributed by atoms with Crippen molar-refractivity contribution in [1.82, 2.24) is 4.98 Å². The van der Waals surface area contributed by atoms with Gasteiger partial charge in [-0.15, -0.1) is 0 Å². The Kier molecular flexibility index (Phi) is 5.34. The zero-order valence-electron chi connectivity index (χ0n) is 11.0. The summed E-state index contributed by atoms with van der Waals surface area (Å²) >= 11 is 1.90. The molecule has 5 heteroatoms. The maximum absolute atomic E-state index is 11.8. The van der Waals surface area contributed by atoms with E-state index in [4.69, 9.17) is 9.47 Å². The molecule has 1 aromatic heterocycles. The van der Waals surface area contributed by atoms with Crippen molar-refractivity contribution >= 4 is 28.6 Å². The van der Waals surface area contributed by atoms with Gasteiger partial charge in [0.15, 0.2) is 0 Å². The van der Waals surface area contributed by atoms with Gasteiger partial charge in [-0.25, -0.2) is 4.79 Å². The van der Waals surface area contributed by atoms with Crippen LogP contribution in [0.4, 0.5) is 0 Å². The molecule has 0 aliphatic rings. The second-order valence-corrected chi connectivity index (χ2v) is 5.29. The average molecular weight is 383 g/mol. The molecule has 0 aliphatic carbocycles. The number of carbonyl (C=O) groups is 1. The Balaban J connectivity index is 1.84. The summed E-state index contributed by atoms with van der Waals surface area (Å²) < 4.78 is 9.97. The first-order valence-corrected chi connectivity index (χ1v) is 7.33. The van der Waals surface area contributed by atoms with Crippen molar-refractivity contribution in [2.24, 2.45) is 0 Å². The van der Waals surface area contributed by atoms with Crippen LogP contribution in [-0.4, -0.2) is 15.1 Å². The van der Waals surface area contributed by atoms with E-state index in [9.17, 15) is 4.79 Å². The van der Waals surface area contributed by atoms with Crippen molar-refractivity contribution in [1.29, 1.82) is 0 Å². The molecular formula is C15H14INO3. The molecule has 1 heterocycles. The molecule has 0 amide bonds. The number of benzene rings is 1. The standard InChI is InChI=1S/C15H14INO3/c1-11-7-8-13(9-17-11)20-14(16)15(18)19-10-12-5-3-2-4-6-12/h2-9,14H,10H2,1H3. The van der Waals surface area contributed by atoms with E-state index in [0.29, 0.717) is 5.75 Å². The largest absolute Gasteiger partial charge is 0.467 e. The summed E-state index contributed by atoms with van der Waals surface area (Å²) in [4.78, 5) is 15.9. The number of rotatable bonds is 5. The first-order chi connectivity index (χ1) is 9.65. The predicted molar refractivity (Wildman–Crippen MR) is 83.6 cm³/mol. The third kappa shape index (κ3) is 4.48. The Bertz CT molecular complexity index is 557. The summed E-state index contributed by atoms with van der Waals surface area (Å²) in [7, 11) is 0. The predicted octanol–water partition coefficient (Wildman–Crippen LogP) is 3.27. The first kappa shape index (κ1) is 14.8. The topological polar surface area (TPSA) is 48.4 Å². The van der Waals surface area contributed by atoms with Crippen LogP contribution >= 0.6 is 22.6 Å². The van der Waals surface area contributed by atoms with E-state index in [2.05, 4.69) is 4.98 Å². The van der Waals surface area contributed by atoms with Crippen LogP contribution in [0.25, 0.3) is 0 Å². The highest BCUT2D eigenvalue weighted by Gasteiger charge is 2.18. The summed E-state index contributed by atoms with van der Waals surface area (Å²) in [5.74, 6) is 0.140. The van der Waals surface area contributed by atoms with Gasteiger partial charge in [-0.05, 0) is 47.2 Å². The highest BCUT2D eigenvalue weighted by atomic mass is 127. The molecule has 20 heavy (non-hydrogen) atoms.